The second-order valence-corrected chi connectivity index (χ2v) is 7.13. The number of ether oxygens (including phenoxy) is 1. The van der Waals surface area contributed by atoms with Gasteiger partial charge < -0.3 is 9.72 Å². The maximum absolute atomic E-state index is 12.0. The van der Waals surface area contributed by atoms with Crippen molar-refractivity contribution in [2.75, 3.05) is 13.2 Å². The molecule has 1 aliphatic rings. The molecular weight excluding hydrogens is 336 g/mol. The summed E-state index contributed by atoms with van der Waals surface area (Å²) >= 11 is 0. The van der Waals surface area contributed by atoms with Crippen LogP contribution in [0, 0.1) is 0 Å². The van der Waals surface area contributed by atoms with E-state index < -0.39 is 0 Å². The van der Waals surface area contributed by atoms with E-state index in [0.717, 1.165) is 25.9 Å². The van der Waals surface area contributed by atoms with Gasteiger partial charge in [0.25, 0.3) is 0 Å². The van der Waals surface area contributed by atoms with Gasteiger partial charge in [0, 0.05) is 36.1 Å². The molecule has 1 N–H and O–H groups in total. The van der Waals surface area contributed by atoms with Crippen molar-refractivity contribution in [2.45, 2.75) is 38.8 Å². The number of hydrogen-bond donors (Lipinski definition) is 1. The molecule has 4 rings (SSSR count). The van der Waals surface area contributed by atoms with Gasteiger partial charge in [-0.1, -0.05) is 48.5 Å². The van der Waals surface area contributed by atoms with Gasteiger partial charge in [-0.15, -0.1) is 0 Å². The number of nitrogens with zero attached hydrogens (tertiary/aromatic N) is 1. The molecule has 4 heteroatoms. The molecule has 1 aromatic heterocycles. The van der Waals surface area contributed by atoms with Crippen molar-refractivity contribution < 1.29 is 9.53 Å². The Morgan fingerprint density at radius 1 is 1.15 bits per heavy atom. The average Bonchev–Trinajstić information content (AvgIpc) is 3.07. The molecule has 0 spiro atoms. The number of para-hydroxylation sites is 1. The summed E-state index contributed by atoms with van der Waals surface area (Å²) in [5.74, 6) is -0.111. The first kappa shape index (κ1) is 17.8. The van der Waals surface area contributed by atoms with Crippen LogP contribution in [-0.2, 0) is 22.5 Å². The van der Waals surface area contributed by atoms with Crippen LogP contribution in [0.2, 0.25) is 0 Å². The van der Waals surface area contributed by atoms with E-state index in [1.54, 1.807) is 0 Å². The van der Waals surface area contributed by atoms with Crippen LogP contribution in [0.1, 0.15) is 42.6 Å². The van der Waals surface area contributed by atoms with Crippen molar-refractivity contribution in [2.24, 2.45) is 0 Å². The third-order valence-electron chi connectivity index (χ3n) is 5.43. The molecule has 0 aliphatic carbocycles. The predicted molar refractivity (Wildman–Crippen MR) is 107 cm³/mol. The molecule has 0 saturated carbocycles. The topological polar surface area (TPSA) is 45.3 Å². The Morgan fingerprint density at radius 2 is 1.93 bits per heavy atom. The first-order chi connectivity index (χ1) is 13.3. The number of carbonyl (C=O) groups is 1. The molecule has 4 nitrogen and oxygen atoms in total. The zero-order valence-corrected chi connectivity index (χ0v) is 15.8. The van der Waals surface area contributed by atoms with E-state index in [9.17, 15) is 4.79 Å². The van der Waals surface area contributed by atoms with Crippen molar-refractivity contribution in [1.29, 1.82) is 0 Å². The molecule has 1 atom stereocenters. The van der Waals surface area contributed by atoms with Crippen LogP contribution in [0.3, 0.4) is 0 Å². The van der Waals surface area contributed by atoms with Crippen molar-refractivity contribution >= 4 is 16.9 Å². The highest BCUT2D eigenvalue weighted by molar-refractivity contribution is 5.85. The number of hydrogen-bond acceptors (Lipinski definition) is 3. The quantitative estimate of drug-likeness (QED) is 0.651. The zero-order valence-electron chi connectivity index (χ0n) is 15.8. The number of esters is 1. The highest BCUT2D eigenvalue weighted by Crippen LogP contribution is 2.37. The van der Waals surface area contributed by atoms with E-state index in [2.05, 4.69) is 58.4 Å². The van der Waals surface area contributed by atoms with Gasteiger partial charge in [-0.2, -0.15) is 0 Å². The number of nitrogens with one attached hydrogen (secondary N) is 1. The summed E-state index contributed by atoms with van der Waals surface area (Å²) in [5.41, 5.74) is 5.16. The van der Waals surface area contributed by atoms with E-state index in [0.29, 0.717) is 13.0 Å². The van der Waals surface area contributed by atoms with Crippen LogP contribution < -0.4 is 0 Å². The molecule has 140 valence electrons. The highest BCUT2D eigenvalue weighted by atomic mass is 16.5. The first-order valence-corrected chi connectivity index (χ1v) is 9.79. The number of carbonyl (C=O) groups excluding carboxylic acids is 1. The van der Waals surface area contributed by atoms with E-state index in [1.807, 2.05) is 13.0 Å². The van der Waals surface area contributed by atoms with E-state index in [-0.39, 0.29) is 12.0 Å². The predicted octanol–water partition coefficient (Wildman–Crippen LogP) is 4.61. The zero-order chi connectivity index (χ0) is 18.6. The van der Waals surface area contributed by atoms with Gasteiger partial charge in [-0.25, -0.2) is 0 Å². The van der Waals surface area contributed by atoms with Crippen molar-refractivity contribution in [3.05, 3.63) is 71.4 Å². The number of fused-ring (bicyclic) bond motifs is 3. The number of rotatable bonds is 6. The Bertz CT molecular complexity index is 917. The van der Waals surface area contributed by atoms with Crippen LogP contribution in [0.15, 0.2) is 54.6 Å². The van der Waals surface area contributed by atoms with Crippen LogP contribution in [0.4, 0.5) is 0 Å². The van der Waals surface area contributed by atoms with Gasteiger partial charge in [-0.3, -0.25) is 9.69 Å². The SMILES string of the molecule is CCOC(=O)CCC1c2[nH]c3ccccc3c2CCN1Cc1ccccc1. The largest absolute Gasteiger partial charge is 0.466 e. The summed E-state index contributed by atoms with van der Waals surface area (Å²) in [7, 11) is 0. The minimum absolute atomic E-state index is 0.111. The Hall–Kier alpha value is -2.59. The first-order valence-electron chi connectivity index (χ1n) is 9.79. The molecule has 2 aromatic carbocycles. The Morgan fingerprint density at radius 3 is 2.74 bits per heavy atom. The summed E-state index contributed by atoms with van der Waals surface area (Å²) in [6.07, 6.45) is 2.24. The third-order valence-corrected chi connectivity index (χ3v) is 5.43. The van der Waals surface area contributed by atoms with Gasteiger partial charge in [0.05, 0.1) is 12.6 Å². The van der Waals surface area contributed by atoms with E-state index in [4.69, 9.17) is 4.74 Å². The maximum atomic E-state index is 12.0. The lowest BCUT2D eigenvalue weighted by molar-refractivity contribution is -0.143. The third kappa shape index (κ3) is 3.76. The molecule has 0 amide bonds. The minimum Gasteiger partial charge on any atom is -0.466 e. The summed E-state index contributed by atoms with van der Waals surface area (Å²) in [5, 5.41) is 1.31. The standard InChI is InChI=1S/C23H26N2O2/c1-2-27-22(26)13-12-21-23-19(18-10-6-7-11-20(18)24-23)14-15-25(21)16-17-8-4-3-5-9-17/h3-11,21,24H,2,12-16H2,1H3. The van der Waals surface area contributed by atoms with Gasteiger partial charge in [-0.05, 0) is 37.0 Å². The highest BCUT2D eigenvalue weighted by Gasteiger charge is 2.30. The molecular formula is C23H26N2O2. The Kier molecular flexibility index (Phi) is 5.26. The molecule has 0 bridgehead atoms. The number of H-pyrrole nitrogens is 1. The lowest BCUT2D eigenvalue weighted by Gasteiger charge is -2.36. The molecule has 0 fully saturated rings. The number of aromatic nitrogens is 1. The molecule has 1 unspecified atom stereocenters. The fourth-order valence-electron chi connectivity index (χ4n) is 4.19. The van der Waals surface area contributed by atoms with Gasteiger partial charge >= 0.3 is 5.97 Å². The van der Waals surface area contributed by atoms with Gasteiger partial charge in [0.2, 0.25) is 0 Å². The van der Waals surface area contributed by atoms with Gasteiger partial charge in [0.1, 0.15) is 0 Å². The molecule has 0 saturated heterocycles. The lowest BCUT2D eigenvalue weighted by atomic mass is 9.94. The van der Waals surface area contributed by atoms with E-state index >= 15 is 0 Å². The van der Waals surface area contributed by atoms with E-state index in [1.165, 1.54) is 27.7 Å². The second kappa shape index (κ2) is 7.97. The monoisotopic (exact) mass is 362 g/mol. The fraction of sp³-hybridized carbons (Fsp3) is 0.348. The molecule has 2 heterocycles. The Balaban J connectivity index is 1.64. The van der Waals surface area contributed by atoms with Gasteiger partial charge in [0.15, 0.2) is 0 Å². The molecule has 3 aromatic rings. The minimum atomic E-state index is -0.111. The molecule has 0 radical (unpaired) electrons. The summed E-state index contributed by atoms with van der Waals surface area (Å²) in [6, 6.07) is 19.3. The van der Waals surface area contributed by atoms with Crippen molar-refractivity contribution in [1.82, 2.24) is 9.88 Å². The molecule has 1 aliphatic heterocycles. The normalized spacial score (nSPS) is 17.0. The van der Waals surface area contributed by atoms with Crippen molar-refractivity contribution in [3.63, 3.8) is 0 Å². The lowest BCUT2D eigenvalue weighted by Crippen LogP contribution is -2.35. The van der Waals surface area contributed by atoms with Crippen LogP contribution in [0.5, 0.6) is 0 Å². The number of benzene rings is 2. The van der Waals surface area contributed by atoms with Crippen LogP contribution in [0.25, 0.3) is 10.9 Å². The summed E-state index contributed by atoms with van der Waals surface area (Å²) in [4.78, 5) is 18.1. The average molecular weight is 362 g/mol. The fourth-order valence-corrected chi connectivity index (χ4v) is 4.19. The maximum Gasteiger partial charge on any atom is 0.305 e. The second-order valence-electron chi connectivity index (χ2n) is 7.13. The summed E-state index contributed by atoms with van der Waals surface area (Å²) < 4.78 is 5.17. The Labute approximate surface area is 160 Å². The van der Waals surface area contributed by atoms with Crippen LogP contribution >= 0.6 is 0 Å². The molecule has 27 heavy (non-hydrogen) atoms. The summed E-state index contributed by atoms with van der Waals surface area (Å²) in [6.45, 7) is 4.19. The number of aromatic amines is 1. The van der Waals surface area contributed by atoms with Crippen LogP contribution in [-0.4, -0.2) is 29.0 Å². The van der Waals surface area contributed by atoms with Crippen molar-refractivity contribution in [3.8, 4) is 0 Å². The smallest absolute Gasteiger partial charge is 0.305 e.